The lowest BCUT2D eigenvalue weighted by molar-refractivity contribution is -1.00. The van der Waals surface area contributed by atoms with Crippen molar-refractivity contribution in [3.63, 3.8) is 0 Å². The second-order valence-corrected chi connectivity index (χ2v) is 6.43. The monoisotopic (exact) mass is 286 g/mol. The summed E-state index contributed by atoms with van der Waals surface area (Å²) in [5.74, 6) is 0. The summed E-state index contributed by atoms with van der Waals surface area (Å²) in [7, 11) is 0. The summed E-state index contributed by atoms with van der Waals surface area (Å²) in [6.07, 6.45) is 11.4. The van der Waals surface area contributed by atoms with Crippen LogP contribution in [0, 0.1) is 10.4 Å². The largest absolute Gasteiger partial charge is 0.634 e. The summed E-state index contributed by atoms with van der Waals surface area (Å²) in [5, 5.41) is 25.0. The number of piperazine rings is 1. The highest BCUT2D eigenvalue weighted by atomic mass is 16.5. The van der Waals surface area contributed by atoms with E-state index in [1.807, 2.05) is 0 Å². The van der Waals surface area contributed by atoms with E-state index in [0.717, 1.165) is 25.7 Å². The zero-order chi connectivity index (χ0) is 14.8. The molecule has 0 radical (unpaired) electrons. The van der Waals surface area contributed by atoms with Gasteiger partial charge in [0.15, 0.2) is 0 Å². The minimum atomic E-state index is 0.0475. The van der Waals surface area contributed by atoms with Crippen LogP contribution < -0.4 is 10.1 Å². The number of rotatable bonds is 10. The van der Waals surface area contributed by atoms with E-state index >= 15 is 0 Å². The van der Waals surface area contributed by atoms with Gasteiger partial charge in [0.2, 0.25) is 0 Å². The molecule has 4 unspecified atom stereocenters. The maximum absolute atomic E-state index is 12.2. The Balaban J connectivity index is 2.22. The van der Waals surface area contributed by atoms with Crippen molar-refractivity contribution in [2.24, 2.45) is 0 Å². The van der Waals surface area contributed by atoms with Crippen molar-refractivity contribution in [3.05, 3.63) is 10.4 Å². The van der Waals surface area contributed by atoms with Crippen LogP contribution in [-0.2, 0) is 0 Å². The zero-order valence-corrected chi connectivity index (χ0v) is 13.5. The van der Waals surface area contributed by atoms with Crippen LogP contribution in [-0.4, -0.2) is 25.2 Å². The van der Waals surface area contributed by atoms with E-state index in [2.05, 4.69) is 13.8 Å². The van der Waals surface area contributed by atoms with Crippen molar-refractivity contribution in [2.75, 3.05) is 13.1 Å². The number of hydrogen-bond acceptors (Lipinski definition) is 2. The van der Waals surface area contributed by atoms with E-state index < -0.39 is 0 Å². The van der Waals surface area contributed by atoms with Gasteiger partial charge in [-0.25, -0.2) is 0 Å². The molecule has 0 aromatic rings. The standard InChI is InChI=1S/C16H34N2O2/c1-3-5-7-9-11-15-13-18(20)16(14-17(15)19)12-10-8-6-4-2/h15-18H,3-14H2,1-2H3. The van der Waals surface area contributed by atoms with Gasteiger partial charge in [-0.2, -0.15) is 0 Å². The molecule has 4 atom stereocenters. The summed E-state index contributed by atoms with van der Waals surface area (Å²) in [6, 6.07) is 0.0949. The van der Waals surface area contributed by atoms with E-state index in [1.165, 1.54) is 38.5 Å². The van der Waals surface area contributed by atoms with Crippen LogP contribution in [0.3, 0.4) is 0 Å². The summed E-state index contributed by atoms with van der Waals surface area (Å²) in [5.41, 5.74) is 0. The lowest BCUT2D eigenvalue weighted by atomic mass is 10.0. The molecule has 1 heterocycles. The van der Waals surface area contributed by atoms with Gasteiger partial charge >= 0.3 is 0 Å². The van der Waals surface area contributed by atoms with E-state index in [0.29, 0.717) is 23.2 Å². The molecule has 0 saturated carbocycles. The maximum atomic E-state index is 12.2. The Bertz CT molecular complexity index is 215. The lowest BCUT2D eigenvalue weighted by Crippen LogP contribution is -3.29. The Morgan fingerprint density at radius 1 is 0.700 bits per heavy atom. The highest BCUT2D eigenvalue weighted by Gasteiger charge is 2.32. The van der Waals surface area contributed by atoms with Gasteiger partial charge in [0.25, 0.3) is 0 Å². The van der Waals surface area contributed by atoms with E-state index in [-0.39, 0.29) is 12.1 Å². The molecule has 0 aliphatic carbocycles. The highest BCUT2D eigenvalue weighted by Crippen LogP contribution is 2.07. The molecule has 0 bridgehead atoms. The van der Waals surface area contributed by atoms with Gasteiger partial charge in [-0.15, -0.1) is 0 Å². The van der Waals surface area contributed by atoms with Crippen LogP contribution >= 0.6 is 0 Å². The van der Waals surface area contributed by atoms with Gasteiger partial charge in [-0.05, 0) is 12.8 Å². The van der Waals surface area contributed by atoms with Crippen molar-refractivity contribution in [1.82, 2.24) is 0 Å². The molecule has 2 N–H and O–H groups in total. The molecule has 1 rings (SSSR count). The molecule has 0 aromatic heterocycles. The van der Waals surface area contributed by atoms with E-state index in [4.69, 9.17) is 0 Å². The van der Waals surface area contributed by atoms with Gasteiger partial charge in [0.1, 0.15) is 25.2 Å². The Labute approximate surface area is 124 Å². The molecule has 0 amide bonds. The molecule has 20 heavy (non-hydrogen) atoms. The SMILES string of the molecule is CCCCCCC1C[NH+]([O-])C(CCCCCC)C[NH+]1[O-]. The van der Waals surface area contributed by atoms with E-state index in [9.17, 15) is 10.4 Å². The third-order valence-electron chi connectivity index (χ3n) is 4.62. The average Bonchev–Trinajstić information content (AvgIpc) is 2.44. The predicted molar refractivity (Wildman–Crippen MR) is 83.5 cm³/mol. The fourth-order valence-corrected chi connectivity index (χ4v) is 3.21. The summed E-state index contributed by atoms with van der Waals surface area (Å²) >= 11 is 0. The quantitative estimate of drug-likeness (QED) is 0.472. The van der Waals surface area contributed by atoms with Gasteiger partial charge < -0.3 is 20.5 Å². The third-order valence-corrected chi connectivity index (χ3v) is 4.62. The fourth-order valence-electron chi connectivity index (χ4n) is 3.21. The smallest absolute Gasteiger partial charge is 0.137 e. The first kappa shape index (κ1) is 17.9. The van der Waals surface area contributed by atoms with Crippen LogP contribution in [0.25, 0.3) is 0 Å². The van der Waals surface area contributed by atoms with E-state index in [1.54, 1.807) is 0 Å². The first-order valence-corrected chi connectivity index (χ1v) is 8.74. The molecule has 0 spiro atoms. The molecular weight excluding hydrogens is 252 g/mol. The minimum Gasteiger partial charge on any atom is -0.634 e. The first-order valence-electron chi connectivity index (χ1n) is 8.74. The third kappa shape index (κ3) is 6.53. The molecule has 1 aliphatic rings. The number of nitrogens with one attached hydrogen (secondary N) is 2. The number of hydroxylamine groups is 4. The lowest BCUT2D eigenvalue weighted by Gasteiger charge is -2.45. The number of quaternary nitrogens is 2. The van der Waals surface area contributed by atoms with Crippen LogP contribution in [0.4, 0.5) is 0 Å². The van der Waals surface area contributed by atoms with Gasteiger partial charge in [-0.3, -0.25) is 0 Å². The summed E-state index contributed by atoms with van der Waals surface area (Å²) < 4.78 is 0. The second-order valence-electron chi connectivity index (χ2n) is 6.43. The van der Waals surface area contributed by atoms with Gasteiger partial charge in [0.05, 0.1) is 0 Å². The molecule has 4 heteroatoms. The molecule has 120 valence electrons. The number of unbranched alkanes of at least 4 members (excludes halogenated alkanes) is 6. The van der Waals surface area contributed by atoms with Gasteiger partial charge in [-0.1, -0.05) is 52.4 Å². The van der Waals surface area contributed by atoms with Crippen molar-refractivity contribution < 1.29 is 10.1 Å². The molecular formula is C16H34N2O2. The Kier molecular flexibility index (Phi) is 9.44. The predicted octanol–water partition coefficient (Wildman–Crippen LogP) is 1.44. The average molecular weight is 286 g/mol. The molecule has 1 saturated heterocycles. The topological polar surface area (TPSA) is 55.0 Å². The normalized spacial score (nSPS) is 30.6. The fraction of sp³-hybridized carbons (Fsp3) is 1.00. The van der Waals surface area contributed by atoms with Crippen LogP contribution in [0.2, 0.25) is 0 Å². The van der Waals surface area contributed by atoms with Crippen molar-refractivity contribution in [2.45, 2.75) is 90.1 Å². The maximum Gasteiger partial charge on any atom is 0.137 e. The number of hydrogen-bond donors (Lipinski definition) is 2. The first-order chi connectivity index (χ1) is 9.69. The van der Waals surface area contributed by atoms with Gasteiger partial charge in [0, 0.05) is 12.8 Å². The second kappa shape index (κ2) is 10.6. The van der Waals surface area contributed by atoms with Crippen LogP contribution in [0.5, 0.6) is 0 Å². The Morgan fingerprint density at radius 3 is 1.45 bits per heavy atom. The molecule has 1 aliphatic heterocycles. The van der Waals surface area contributed by atoms with Crippen molar-refractivity contribution in [3.8, 4) is 0 Å². The van der Waals surface area contributed by atoms with Crippen LogP contribution in [0.1, 0.15) is 78.1 Å². The zero-order valence-electron chi connectivity index (χ0n) is 13.5. The van der Waals surface area contributed by atoms with Crippen molar-refractivity contribution >= 4 is 0 Å². The van der Waals surface area contributed by atoms with Crippen molar-refractivity contribution in [1.29, 1.82) is 0 Å². The molecule has 4 nitrogen and oxygen atoms in total. The minimum absolute atomic E-state index is 0.0475. The van der Waals surface area contributed by atoms with Crippen LogP contribution in [0.15, 0.2) is 0 Å². The Morgan fingerprint density at radius 2 is 1.10 bits per heavy atom. The summed E-state index contributed by atoms with van der Waals surface area (Å²) in [4.78, 5) is 0. The Hall–Kier alpha value is -0.160. The molecule has 0 aromatic carbocycles. The summed E-state index contributed by atoms with van der Waals surface area (Å²) in [6.45, 7) is 5.45. The molecule has 1 fully saturated rings. The highest BCUT2D eigenvalue weighted by molar-refractivity contribution is 4.66.